The minimum atomic E-state index is -0.00170. The molecule has 2 rings (SSSR count). The summed E-state index contributed by atoms with van der Waals surface area (Å²) >= 11 is 0. The molecule has 0 amide bonds. The summed E-state index contributed by atoms with van der Waals surface area (Å²) in [6.45, 7) is 7.41. The van der Waals surface area contributed by atoms with E-state index >= 15 is 0 Å². The van der Waals surface area contributed by atoms with Gasteiger partial charge in [-0.2, -0.15) is 0 Å². The second-order valence-electron chi connectivity index (χ2n) is 4.98. The molecule has 18 heavy (non-hydrogen) atoms. The molecule has 1 aliphatic heterocycles. The average Bonchev–Trinajstić information content (AvgIpc) is 2.34. The molecule has 1 aliphatic rings. The predicted octanol–water partition coefficient (Wildman–Crippen LogP) is 0.540. The highest BCUT2D eigenvalue weighted by Gasteiger charge is 2.22. The molecule has 0 aromatic carbocycles. The lowest BCUT2D eigenvalue weighted by molar-refractivity contribution is -0.0502. The summed E-state index contributed by atoms with van der Waals surface area (Å²) in [4.78, 5) is 14.0. The van der Waals surface area contributed by atoms with Crippen LogP contribution < -0.4 is 11.3 Å². The number of ether oxygens (including phenoxy) is 1. The molecule has 5 nitrogen and oxygen atoms in total. The minimum absolute atomic E-state index is 0.00170. The van der Waals surface area contributed by atoms with Gasteiger partial charge in [-0.1, -0.05) is 0 Å². The Morgan fingerprint density at radius 1 is 1.39 bits per heavy atom. The average molecular weight is 251 g/mol. The van der Waals surface area contributed by atoms with Crippen LogP contribution in [-0.2, 0) is 11.3 Å². The highest BCUT2D eigenvalue weighted by atomic mass is 16.5. The molecule has 1 fully saturated rings. The molecule has 5 heteroatoms. The van der Waals surface area contributed by atoms with Gasteiger partial charge in [-0.25, -0.2) is 0 Å². The molecule has 1 saturated heterocycles. The Hall–Kier alpha value is -1.33. The second kappa shape index (κ2) is 5.54. The largest absolute Gasteiger partial charge is 0.398 e. The monoisotopic (exact) mass is 251 g/mol. The molecule has 1 aromatic heterocycles. The third-order valence-corrected chi connectivity index (χ3v) is 3.37. The summed E-state index contributed by atoms with van der Waals surface area (Å²) in [5.74, 6) is 0. The van der Waals surface area contributed by atoms with Crippen LogP contribution in [0.4, 0.5) is 5.69 Å². The van der Waals surface area contributed by atoms with E-state index in [2.05, 4.69) is 18.7 Å². The Kier molecular flexibility index (Phi) is 4.04. The molecular formula is C13H21N3O2. The molecule has 0 bridgehead atoms. The van der Waals surface area contributed by atoms with Gasteiger partial charge < -0.3 is 15.0 Å². The van der Waals surface area contributed by atoms with Gasteiger partial charge in [-0.3, -0.25) is 9.69 Å². The van der Waals surface area contributed by atoms with Gasteiger partial charge in [0.2, 0.25) is 0 Å². The minimum Gasteiger partial charge on any atom is -0.398 e. The van der Waals surface area contributed by atoms with Crippen LogP contribution >= 0.6 is 0 Å². The number of aromatic nitrogens is 1. The normalized spacial score (nSPS) is 25.2. The lowest BCUT2D eigenvalue weighted by atomic mass is 10.2. The fraction of sp³-hybridized carbons (Fsp3) is 0.615. The van der Waals surface area contributed by atoms with Crippen LogP contribution in [0.2, 0.25) is 0 Å². The Balaban J connectivity index is 1.98. The Bertz CT molecular complexity index is 458. The summed E-state index contributed by atoms with van der Waals surface area (Å²) in [6, 6.07) is 3.55. The first-order valence-corrected chi connectivity index (χ1v) is 6.38. The summed E-state index contributed by atoms with van der Waals surface area (Å²) < 4.78 is 7.25. The molecule has 2 N–H and O–H groups in total. The van der Waals surface area contributed by atoms with Crippen molar-refractivity contribution in [2.24, 2.45) is 0 Å². The van der Waals surface area contributed by atoms with Gasteiger partial charge in [-0.15, -0.1) is 0 Å². The zero-order valence-corrected chi connectivity index (χ0v) is 11.0. The number of morpholine rings is 1. The predicted molar refractivity (Wildman–Crippen MR) is 71.6 cm³/mol. The molecule has 1 aromatic rings. The number of nitrogen functional groups attached to an aromatic ring is 1. The molecule has 2 heterocycles. The first-order chi connectivity index (χ1) is 8.56. The van der Waals surface area contributed by atoms with Crippen LogP contribution in [-0.4, -0.2) is 41.3 Å². The number of nitrogens with zero attached hydrogens (tertiary/aromatic N) is 2. The fourth-order valence-corrected chi connectivity index (χ4v) is 2.24. The molecule has 2 atom stereocenters. The van der Waals surface area contributed by atoms with Gasteiger partial charge in [0.05, 0.1) is 12.7 Å². The lowest BCUT2D eigenvalue weighted by Crippen LogP contribution is -2.48. The molecule has 0 radical (unpaired) electrons. The van der Waals surface area contributed by atoms with Gasteiger partial charge in [0.1, 0.15) is 0 Å². The van der Waals surface area contributed by atoms with Crippen molar-refractivity contribution in [3.8, 4) is 0 Å². The van der Waals surface area contributed by atoms with Crippen LogP contribution in [0.1, 0.15) is 13.8 Å². The van der Waals surface area contributed by atoms with Crippen molar-refractivity contribution >= 4 is 5.69 Å². The molecule has 0 saturated carbocycles. The highest BCUT2D eigenvalue weighted by molar-refractivity contribution is 5.33. The molecule has 2 unspecified atom stereocenters. The maximum absolute atomic E-state index is 11.7. The zero-order valence-electron chi connectivity index (χ0n) is 11.0. The number of rotatable bonds is 3. The molecular weight excluding hydrogens is 230 g/mol. The number of pyridine rings is 1. The summed E-state index contributed by atoms with van der Waals surface area (Å²) in [6.07, 6.45) is 1.97. The Labute approximate surface area is 107 Å². The van der Waals surface area contributed by atoms with E-state index in [-0.39, 0.29) is 11.7 Å². The Morgan fingerprint density at radius 3 is 2.94 bits per heavy atom. The van der Waals surface area contributed by atoms with Crippen molar-refractivity contribution in [2.75, 3.05) is 25.4 Å². The van der Waals surface area contributed by atoms with Gasteiger partial charge >= 0.3 is 0 Å². The summed E-state index contributed by atoms with van der Waals surface area (Å²) in [7, 11) is 0. The van der Waals surface area contributed by atoms with Crippen LogP contribution in [0, 0.1) is 0 Å². The zero-order chi connectivity index (χ0) is 13.1. The van der Waals surface area contributed by atoms with Crippen LogP contribution in [0.3, 0.4) is 0 Å². The third-order valence-electron chi connectivity index (χ3n) is 3.37. The third kappa shape index (κ3) is 3.11. The van der Waals surface area contributed by atoms with Crippen molar-refractivity contribution in [1.82, 2.24) is 9.47 Å². The van der Waals surface area contributed by atoms with Crippen molar-refractivity contribution in [3.05, 3.63) is 28.7 Å². The van der Waals surface area contributed by atoms with Crippen LogP contribution in [0.15, 0.2) is 23.1 Å². The van der Waals surface area contributed by atoms with E-state index in [4.69, 9.17) is 10.5 Å². The summed E-state index contributed by atoms with van der Waals surface area (Å²) in [5, 5.41) is 0. The van der Waals surface area contributed by atoms with E-state index in [0.717, 1.165) is 19.7 Å². The van der Waals surface area contributed by atoms with E-state index in [1.165, 1.54) is 6.07 Å². The van der Waals surface area contributed by atoms with Gasteiger partial charge in [0.25, 0.3) is 5.56 Å². The molecule has 0 spiro atoms. The fourth-order valence-electron chi connectivity index (χ4n) is 2.24. The van der Waals surface area contributed by atoms with Crippen LogP contribution in [0.25, 0.3) is 0 Å². The summed E-state index contributed by atoms with van der Waals surface area (Å²) in [5.41, 5.74) is 6.31. The number of hydrogen-bond acceptors (Lipinski definition) is 4. The van der Waals surface area contributed by atoms with E-state index in [9.17, 15) is 4.79 Å². The SMILES string of the molecule is CC1CN(CCn2cc(N)ccc2=O)C(C)CO1. The number of nitrogens with two attached hydrogens (primary N) is 1. The highest BCUT2D eigenvalue weighted by Crippen LogP contribution is 2.11. The maximum Gasteiger partial charge on any atom is 0.250 e. The van der Waals surface area contributed by atoms with Crippen LogP contribution in [0.5, 0.6) is 0 Å². The lowest BCUT2D eigenvalue weighted by Gasteiger charge is -2.36. The van der Waals surface area contributed by atoms with Gasteiger partial charge in [0, 0.05) is 43.6 Å². The van der Waals surface area contributed by atoms with Crippen molar-refractivity contribution in [3.63, 3.8) is 0 Å². The standard InChI is InChI=1S/C13H21N3O2/c1-10-9-18-11(2)7-15(10)5-6-16-8-12(14)3-4-13(16)17/h3-4,8,10-11H,5-7,9,14H2,1-2H3. The van der Waals surface area contributed by atoms with Crippen molar-refractivity contribution < 1.29 is 4.74 Å². The van der Waals surface area contributed by atoms with Gasteiger partial charge in [0.15, 0.2) is 0 Å². The topological polar surface area (TPSA) is 60.5 Å². The van der Waals surface area contributed by atoms with E-state index in [1.54, 1.807) is 16.8 Å². The van der Waals surface area contributed by atoms with Crippen molar-refractivity contribution in [2.45, 2.75) is 32.5 Å². The molecule has 100 valence electrons. The van der Waals surface area contributed by atoms with Gasteiger partial charge in [-0.05, 0) is 19.9 Å². The van der Waals surface area contributed by atoms with E-state index in [0.29, 0.717) is 18.3 Å². The van der Waals surface area contributed by atoms with E-state index < -0.39 is 0 Å². The second-order valence-corrected chi connectivity index (χ2v) is 4.98. The Morgan fingerprint density at radius 2 is 2.17 bits per heavy atom. The number of hydrogen-bond donors (Lipinski definition) is 1. The van der Waals surface area contributed by atoms with Crippen molar-refractivity contribution in [1.29, 1.82) is 0 Å². The first kappa shape index (κ1) is 13.1. The number of anilines is 1. The smallest absolute Gasteiger partial charge is 0.250 e. The molecule has 0 aliphatic carbocycles. The maximum atomic E-state index is 11.7. The van der Waals surface area contributed by atoms with E-state index in [1.807, 2.05) is 0 Å². The first-order valence-electron chi connectivity index (χ1n) is 6.38. The quantitative estimate of drug-likeness (QED) is 0.852.